The van der Waals surface area contributed by atoms with E-state index in [1.807, 2.05) is 17.0 Å². The van der Waals surface area contributed by atoms with Crippen molar-refractivity contribution in [2.75, 3.05) is 26.7 Å². The van der Waals surface area contributed by atoms with E-state index in [0.717, 1.165) is 38.2 Å². The van der Waals surface area contributed by atoms with E-state index in [9.17, 15) is 4.79 Å². The fraction of sp³-hybridized carbons (Fsp3) is 0.650. The van der Waals surface area contributed by atoms with Gasteiger partial charge in [-0.1, -0.05) is 25.0 Å². The van der Waals surface area contributed by atoms with Crippen LogP contribution in [-0.2, 0) is 11.2 Å². The van der Waals surface area contributed by atoms with Gasteiger partial charge in [0.25, 0.3) is 0 Å². The monoisotopic (exact) mass is 344 g/mol. The number of aryl methyl sites for hydroxylation is 1. The Morgan fingerprint density at radius 3 is 2.64 bits per heavy atom. The van der Waals surface area contributed by atoms with E-state index in [1.165, 1.54) is 31.2 Å². The molecule has 5 nitrogen and oxygen atoms in total. The van der Waals surface area contributed by atoms with Crippen molar-refractivity contribution in [1.29, 1.82) is 0 Å². The lowest BCUT2D eigenvalue weighted by Gasteiger charge is -2.26. The van der Waals surface area contributed by atoms with Crippen LogP contribution in [0.5, 0.6) is 5.75 Å². The Labute approximate surface area is 149 Å². The quantitative estimate of drug-likeness (QED) is 0.795. The largest absolute Gasteiger partial charge is 0.497 e. The number of methoxy groups -OCH3 is 1. The van der Waals surface area contributed by atoms with Gasteiger partial charge in [-0.05, 0) is 43.4 Å². The van der Waals surface area contributed by atoms with Gasteiger partial charge in [0, 0.05) is 25.7 Å². The lowest BCUT2D eigenvalue weighted by molar-refractivity contribution is 0.112. The standard InChI is InChI=1S/C20H28N2O3/c1-24-17-10-8-15(9-11-17)5-4-12-22-18-13-21(16-6-2-3-7-16)14-19(18)25-20(22)23/h8-11,16,18-19H,2-7,12-14H2,1H3/t18-,19+/m0/s1. The van der Waals surface area contributed by atoms with Gasteiger partial charge in [-0.25, -0.2) is 4.79 Å². The van der Waals surface area contributed by atoms with Gasteiger partial charge >= 0.3 is 6.09 Å². The predicted molar refractivity (Wildman–Crippen MR) is 95.9 cm³/mol. The minimum atomic E-state index is -0.115. The molecule has 3 aliphatic rings. The highest BCUT2D eigenvalue weighted by Crippen LogP contribution is 2.32. The van der Waals surface area contributed by atoms with Crippen LogP contribution in [0.25, 0.3) is 0 Å². The highest BCUT2D eigenvalue weighted by Gasteiger charge is 2.48. The summed E-state index contributed by atoms with van der Waals surface area (Å²) in [7, 11) is 1.68. The molecule has 2 atom stereocenters. The summed E-state index contributed by atoms with van der Waals surface area (Å²) >= 11 is 0. The number of benzene rings is 1. The third-order valence-electron chi connectivity index (χ3n) is 6.02. The fourth-order valence-corrected chi connectivity index (χ4v) is 4.60. The molecule has 2 saturated heterocycles. The number of carbonyl (C=O) groups is 1. The first-order valence-electron chi connectivity index (χ1n) is 9.59. The van der Waals surface area contributed by atoms with Crippen LogP contribution in [0.2, 0.25) is 0 Å². The number of rotatable bonds is 6. The summed E-state index contributed by atoms with van der Waals surface area (Å²) in [6.07, 6.45) is 7.22. The predicted octanol–water partition coefficient (Wildman–Crippen LogP) is 3.08. The maximum Gasteiger partial charge on any atom is 0.410 e. The second kappa shape index (κ2) is 7.24. The van der Waals surface area contributed by atoms with Gasteiger partial charge in [0.05, 0.1) is 13.2 Å². The number of hydrogen-bond acceptors (Lipinski definition) is 4. The average molecular weight is 344 g/mol. The second-order valence-electron chi connectivity index (χ2n) is 7.53. The molecule has 2 aliphatic heterocycles. The molecule has 3 fully saturated rings. The van der Waals surface area contributed by atoms with Crippen molar-refractivity contribution in [3.8, 4) is 5.75 Å². The fourth-order valence-electron chi connectivity index (χ4n) is 4.60. The smallest absolute Gasteiger partial charge is 0.410 e. The van der Waals surface area contributed by atoms with Crippen LogP contribution in [0.4, 0.5) is 4.79 Å². The summed E-state index contributed by atoms with van der Waals surface area (Å²) in [5.74, 6) is 0.882. The van der Waals surface area contributed by atoms with E-state index < -0.39 is 0 Å². The van der Waals surface area contributed by atoms with Crippen LogP contribution in [0.15, 0.2) is 24.3 Å². The normalized spacial score (nSPS) is 26.9. The molecule has 4 rings (SSSR count). The summed E-state index contributed by atoms with van der Waals surface area (Å²) < 4.78 is 10.8. The van der Waals surface area contributed by atoms with Crippen molar-refractivity contribution >= 4 is 6.09 Å². The summed E-state index contributed by atoms with van der Waals surface area (Å²) in [6, 6.07) is 9.15. The molecule has 0 radical (unpaired) electrons. The van der Waals surface area contributed by atoms with Crippen LogP contribution in [0.1, 0.15) is 37.7 Å². The van der Waals surface area contributed by atoms with Gasteiger partial charge < -0.3 is 14.4 Å². The Morgan fingerprint density at radius 2 is 1.92 bits per heavy atom. The number of hydrogen-bond donors (Lipinski definition) is 0. The molecule has 0 aromatic heterocycles. The minimum absolute atomic E-state index is 0.0779. The van der Waals surface area contributed by atoms with Crippen LogP contribution < -0.4 is 4.74 Å². The molecule has 0 unspecified atom stereocenters. The number of ether oxygens (including phenoxy) is 2. The molecule has 0 spiro atoms. The van der Waals surface area contributed by atoms with Gasteiger partial charge in [-0.15, -0.1) is 0 Å². The Balaban J connectivity index is 1.30. The summed E-state index contributed by atoms with van der Waals surface area (Å²) in [5.41, 5.74) is 1.28. The van der Waals surface area contributed by atoms with Gasteiger partial charge in [-0.3, -0.25) is 4.90 Å². The lowest BCUT2D eigenvalue weighted by atomic mass is 10.1. The lowest BCUT2D eigenvalue weighted by Crippen LogP contribution is -2.40. The first-order chi connectivity index (χ1) is 12.2. The molecule has 1 aromatic rings. The zero-order chi connectivity index (χ0) is 17.2. The van der Waals surface area contributed by atoms with E-state index in [4.69, 9.17) is 9.47 Å². The Hall–Kier alpha value is -1.75. The molecule has 1 aliphatic carbocycles. The number of fused-ring (bicyclic) bond motifs is 1. The maximum atomic E-state index is 12.2. The van der Waals surface area contributed by atoms with Crippen molar-refractivity contribution in [3.63, 3.8) is 0 Å². The van der Waals surface area contributed by atoms with Crippen LogP contribution >= 0.6 is 0 Å². The molecular formula is C20H28N2O3. The third kappa shape index (κ3) is 3.47. The van der Waals surface area contributed by atoms with Crippen molar-refractivity contribution < 1.29 is 14.3 Å². The third-order valence-corrected chi connectivity index (χ3v) is 6.02. The first-order valence-corrected chi connectivity index (χ1v) is 9.59. The van der Waals surface area contributed by atoms with Gasteiger partial charge in [0.2, 0.25) is 0 Å². The van der Waals surface area contributed by atoms with Gasteiger partial charge in [-0.2, -0.15) is 0 Å². The van der Waals surface area contributed by atoms with E-state index in [0.29, 0.717) is 6.04 Å². The summed E-state index contributed by atoms with van der Waals surface area (Å²) in [5, 5.41) is 0. The maximum absolute atomic E-state index is 12.2. The first kappa shape index (κ1) is 16.7. The molecule has 1 amide bonds. The Kier molecular flexibility index (Phi) is 4.84. The molecule has 0 bridgehead atoms. The van der Waals surface area contributed by atoms with Crippen LogP contribution in [0, 0.1) is 0 Å². The van der Waals surface area contributed by atoms with E-state index in [-0.39, 0.29) is 18.2 Å². The molecule has 25 heavy (non-hydrogen) atoms. The van der Waals surface area contributed by atoms with Crippen molar-refractivity contribution in [3.05, 3.63) is 29.8 Å². The number of nitrogens with zero attached hydrogens (tertiary/aromatic N) is 2. The average Bonchev–Trinajstić information content (AvgIpc) is 3.33. The molecule has 1 aromatic carbocycles. The van der Waals surface area contributed by atoms with Crippen molar-refractivity contribution in [1.82, 2.24) is 9.80 Å². The molecular weight excluding hydrogens is 316 g/mol. The highest BCUT2D eigenvalue weighted by molar-refractivity contribution is 5.71. The van der Waals surface area contributed by atoms with Gasteiger partial charge in [0.15, 0.2) is 0 Å². The molecule has 2 heterocycles. The topological polar surface area (TPSA) is 42.0 Å². The molecule has 0 N–H and O–H groups in total. The SMILES string of the molecule is COc1ccc(CCCN2C(=O)O[C@@H]3CN(C4CCCC4)C[C@@H]32)cc1. The Bertz CT molecular complexity index is 597. The van der Waals surface area contributed by atoms with Gasteiger partial charge in [0.1, 0.15) is 11.9 Å². The number of likely N-dealkylation sites (tertiary alicyclic amines) is 1. The second-order valence-corrected chi connectivity index (χ2v) is 7.53. The van der Waals surface area contributed by atoms with Crippen LogP contribution in [0.3, 0.4) is 0 Å². The van der Waals surface area contributed by atoms with E-state index in [2.05, 4.69) is 17.0 Å². The molecule has 5 heteroatoms. The molecule has 136 valence electrons. The Morgan fingerprint density at radius 1 is 1.16 bits per heavy atom. The summed E-state index contributed by atoms with van der Waals surface area (Å²) in [6.45, 7) is 2.70. The highest BCUT2D eigenvalue weighted by atomic mass is 16.6. The minimum Gasteiger partial charge on any atom is -0.497 e. The number of amides is 1. The summed E-state index contributed by atoms with van der Waals surface area (Å²) in [4.78, 5) is 16.7. The van der Waals surface area contributed by atoms with E-state index >= 15 is 0 Å². The van der Waals surface area contributed by atoms with Crippen molar-refractivity contribution in [2.45, 2.75) is 56.7 Å². The molecule has 1 saturated carbocycles. The zero-order valence-corrected chi connectivity index (χ0v) is 15.0. The van der Waals surface area contributed by atoms with E-state index in [1.54, 1.807) is 7.11 Å². The zero-order valence-electron chi connectivity index (χ0n) is 15.0. The van der Waals surface area contributed by atoms with Crippen molar-refractivity contribution in [2.24, 2.45) is 0 Å². The van der Waals surface area contributed by atoms with Crippen LogP contribution in [-0.4, -0.2) is 60.8 Å². The number of carbonyl (C=O) groups excluding carboxylic acids is 1.